The molecule has 6 heteroatoms. The number of aromatic carboxylic acids is 1. The van der Waals surface area contributed by atoms with Gasteiger partial charge in [-0.05, 0) is 19.1 Å². The number of nitrogens with one attached hydrogen (secondary N) is 1. The van der Waals surface area contributed by atoms with Crippen LogP contribution in [0.15, 0.2) is 35.1 Å². The van der Waals surface area contributed by atoms with E-state index in [2.05, 4.69) is 10.3 Å². The van der Waals surface area contributed by atoms with E-state index in [0.29, 0.717) is 5.69 Å². The fourth-order valence-corrected chi connectivity index (χ4v) is 1.48. The van der Waals surface area contributed by atoms with Crippen LogP contribution in [0.5, 0.6) is 0 Å². The minimum atomic E-state index is -1.11. The molecule has 0 aliphatic rings. The molecule has 2 rings (SSSR count). The molecule has 18 heavy (non-hydrogen) atoms. The molecule has 0 unspecified atom stereocenters. The second kappa shape index (κ2) is 4.70. The Kier molecular flexibility index (Phi) is 3.09. The van der Waals surface area contributed by atoms with Gasteiger partial charge in [-0.15, -0.1) is 0 Å². The molecule has 1 aromatic heterocycles. The summed E-state index contributed by atoms with van der Waals surface area (Å²) in [6, 6.07) is 6.13. The van der Waals surface area contributed by atoms with Gasteiger partial charge in [-0.2, -0.15) is 0 Å². The van der Waals surface area contributed by atoms with Crippen molar-refractivity contribution in [1.82, 2.24) is 4.98 Å². The smallest absolute Gasteiger partial charge is 0.337 e. The largest absolute Gasteiger partial charge is 0.478 e. The topological polar surface area (TPSA) is 92.4 Å². The monoisotopic (exact) mass is 246 g/mol. The molecule has 0 spiro atoms. The lowest BCUT2D eigenvalue weighted by atomic mass is 10.2. The zero-order valence-corrected chi connectivity index (χ0v) is 9.51. The first-order valence-electron chi connectivity index (χ1n) is 5.13. The zero-order valence-electron chi connectivity index (χ0n) is 9.51. The molecule has 1 aromatic carbocycles. The zero-order chi connectivity index (χ0) is 13.1. The Morgan fingerprint density at radius 3 is 2.67 bits per heavy atom. The van der Waals surface area contributed by atoms with Crippen LogP contribution in [0.4, 0.5) is 5.69 Å². The summed E-state index contributed by atoms with van der Waals surface area (Å²) in [5.74, 6) is -1.57. The van der Waals surface area contributed by atoms with E-state index in [1.165, 1.54) is 12.1 Å². The highest BCUT2D eigenvalue weighted by Gasteiger charge is 2.17. The van der Waals surface area contributed by atoms with Crippen molar-refractivity contribution in [2.24, 2.45) is 0 Å². The molecule has 1 amide bonds. The van der Waals surface area contributed by atoms with Gasteiger partial charge in [0, 0.05) is 0 Å². The SMILES string of the molecule is Cc1ncoc1C(=O)Nc1ccccc1C(=O)O. The van der Waals surface area contributed by atoms with Gasteiger partial charge < -0.3 is 14.8 Å². The highest BCUT2D eigenvalue weighted by atomic mass is 16.4. The Morgan fingerprint density at radius 2 is 2.06 bits per heavy atom. The second-order valence-corrected chi connectivity index (χ2v) is 3.57. The number of benzene rings is 1. The molecule has 0 saturated heterocycles. The molecule has 0 aliphatic heterocycles. The van der Waals surface area contributed by atoms with E-state index in [-0.39, 0.29) is 17.0 Å². The second-order valence-electron chi connectivity index (χ2n) is 3.57. The van der Waals surface area contributed by atoms with E-state index >= 15 is 0 Å². The maximum atomic E-state index is 11.8. The number of carboxylic acids is 1. The molecule has 92 valence electrons. The van der Waals surface area contributed by atoms with Crippen LogP contribution in [-0.2, 0) is 0 Å². The molecule has 1 heterocycles. The Balaban J connectivity index is 2.28. The Bertz CT molecular complexity index is 604. The summed E-state index contributed by atoms with van der Waals surface area (Å²) in [5.41, 5.74) is 0.675. The molecule has 0 fully saturated rings. The first kappa shape index (κ1) is 11.8. The van der Waals surface area contributed by atoms with Gasteiger partial charge in [0.2, 0.25) is 5.76 Å². The van der Waals surface area contributed by atoms with E-state index in [0.717, 1.165) is 6.39 Å². The van der Waals surface area contributed by atoms with Crippen molar-refractivity contribution in [3.63, 3.8) is 0 Å². The summed E-state index contributed by atoms with van der Waals surface area (Å²) in [5, 5.41) is 11.5. The minimum Gasteiger partial charge on any atom is -0.478 e. The number of anilines is 1. The van der Waals surface area contributed by atoms with E-state index in [4.69, 9.17) is 9.52 Å². The average molecular weight is 246 g/mol. The van der Waals surface area contributed by atoms with Crippen LogP contribution in [0.2, 0.25) is 0 Å². The summed E-state index contributed by atoms with van der Waals surface area (Å²) >= 11 is 0. The first-order chi connectivity index (χ1) is 8.59. The Labute approximate surface area is 102 Å². The number of hydrogen-bond donors (Lipinski definition) is 2. The van der Waals surface area contributed by atoms with Crippen molar-refractivity contribution in [3.05, 3.63) is 47.7 Å². The van der Waals surface area contributed by atoms with E-state index < -0.39 is 11.9 Å². The third-order valence-corrected chi connectivity index (χ3v) is 2.36. The minimum absolute atomic E-state index is 0.0167. The van der Waals surface area contributed by atoms with Crippen LogP contribution >= 0.6 is 0 Å². The summed E-state index contributed by atoms with van der Waals surface area (Å²) in [6.45, 7) is 1.63. The average Bonchev–Trinajstić information content (AvgIpc) is 2.76. The van der Waals surface area contributed by atoms with Crippen LogP contribution in [0.25, 0.3) is 0 Å². The number of carbonyl (C=O) groups is 2. The van der Waals surface area contributed by atoms with E-state index in [9.17, 15) is 9.59 Å². The third kappa shape index (κ3) is 2.22. The molecule has 0 saturated carbocycles. The van der Waals surface area contributed by atoms with Gasteiger partial charge in [-0.3, -0.25) is 4.79 Å². The summed E-state index contributed by atoms with van der Waals surface area (Å²) < 4.78 is 4.93. The van der Waals surface area contributed by atoms with Crippen LogP contribution < -0.4 is 5.32 Å². The normalized spacial score (nSPS) is 10.1. The number of carbonyl (C=O) groups excluding carboxylic acids is 1. The summed E-state index contributed by atoms with van der Waals surface area (Å²) in [4.78, 5) is 26.6. The first-order valence-corrected chi connectivity index (χ1v) is 5.13. The maximum absolute atomic E-state index is 11.8. The number of aryl methyl sites for hydroxylation is 1. The van der Waals surface area contributed by atoms with Crippen molar-refractivity contribution in [1.29, 1.82) is 0 Å². The standard InChI is InChI=1S/C12H10N2O4/c1-7-10(18-6-13-7)11(15)14-9-5-3-2-4-8(9)12(16)17/h2-6H,1H3,(H,14,15)(H,16,17). The number of oxazole rings is 1. The number of hydrogen-bond acceptors (Lipinski definition) is 4. The third-order valence-electron chi connectivity index (χ3n) is 2.36. The quantitative estimate of drug-likeness (QED) is 0.863. The molecule has 2 N–H and O–H groups in total. The van der Waals surface area contributed by atoms with Crippen molar-refractivity contribution in [3.8, 4) is 0 Å². The lowest BCUT2D eigenvalue weighted by molar-refractivity contribution is 0.0698. The predicted octanol–water partition coefficient (Wildman–Crippen LogP) is 1.93. The van der Waals surface area contributed by atoms with Crippen molar-refractivity contribution >= 4 is 17.6 Å². The molecule has 2 aromatic rings. The molecule has 6 nitrogen and oxygen atoms in total. The fourth-order valence-electron chi connectivity index (χ4n) is 1.48. The van der Waals surface area contributed by atoms with Crippen LogP contribution in [-0.4, -0.2) is 22.0 Å². The van der Waals surface area contributed by atoms with Crippen molar-refractivity contribution < 1.29 is 19.1 Å². The van der Waals surface area contributed by atoms with Gasteiger partial charge in [0.05, 0.1) is 16.9 Å². The predicted molar refractivity (Wildman–Crippen MR) is 62.6 cm³/mol. The highest BCUT2D eigenvalue weighted by molar-refractivity contribution is 6.06. The molecular weight excluding hydrogens is 236 g/mol. The lowest BCUT2D eigenvalue weighted by Gasteiger charge is -2.06. The van der Waals surface area contributed by atoms with Crippen LogP contribution in [0.1, 0.15) is 26.6 Å². The molecule has 0 atom stereocenters. The number of amides is 1. The molecule has 0 bridgehead atoms. The van der Waals surface area contributed by atoms with Gasteiger partial charge in [0.1, 0.15) is 0 Å². The van der Waals surface area contributed by atoms with E-state index in [1.54, 1.807) is 19.1 Å². The number of aromatic nitrogens is 1. The Hall–Kier alpha value is -2.63. The van der Waals surface area contributed by atoms with Gasteiger partial charge in [-0.1, -0.05) is 12.1 Å². The van der Waals surface area contributed by atoms with E-state index in [1.807, 2.05) is 0 Å². The van der Waals surface area contributed by atoms with Crippen LogP contribution in [0, 0.1) is 6.92 Å². The highest BCUT2D eigenvalue weighted by Crippen LogP contribution is 2.16. The molecular formula is C12H10N2O4. The summed E-state index contributed by atoms with van der Waals surface area (Å²) in [6.07, 6.45) is 1.16. The molecule has 0 radical (unpaired) electrons. The number of rotatable bonds is 3. The van der Waals surface area contributed by atoms with Gasteiger partial charge >= 0.3 is 5.97 Å². The van der Waals surface area contributed by atoms with Crippen molar-refractivity contribution in [2.45, 2.75) is 6.92 Å². The lowest BCUT2D eigenvalue weighted by Crippen LogP contribution is -2.15. The van der Waals surface area contributed by atoms with Crippen molar-refractivity contribution in [2.75, 3.05) is 5.32 Å². The Morgan fingerprint density at radius 1 is 1.33 bits per heavy atom. The molecule has 0 aliphatic carbocycles. The number of nitrogens with zero attached hydrogens (tertiary/aromatic N) is 1. The number of para-hydroxylation sites is 1. The van der Waals surface area contributed by atoms with Crippen LogP contribution in [0.3, 0.4) is 0 Å². The summed E-state index contributed by atoms with van der Waals surface area (Å²) in [7, 11) is 0. The number of carboxylic acid groups (broad SMARTS) is 1. The maximum Gasteiger partial charge on any atom is 0.337 e. The van der Waals surface area contributed by atoms with Gasteiger partial charge in [0.15, 0.2) is 6.39 Å². The fraction of sp³-hybridized carbons (Fsp3) is 0.0833. The van der Waals surface area contributed by atoms with Gasteiger partial charge in [0.25, 0.3) is 5.91 Å². The van der Waals surface area contributed by atoms with Gasteiger partial charge in [-0.25, -0.2) is 9.78 Å².